The Morgan fingerprint density at radius 3 is 2.62 bits per heavy atom. The molecule has 0 bridgehead atoms. The van der Waals surface area contributed by atoms with Crippen LogP contribution < -0.4 is 11.1 Å². The molecule has 1 aliphatic carbocycles. The van der Waals surface area contributed by atoms with Crippen LogP contribution in [0.3, 0.4) is 0 Å². The van der Waals surface area contributed by atoms with Gasteiger partial charge in [-0.2, -0.15) is 13.2 Å². The van der Waals surface area contributed by atoms with Crippen LogP contribution in [0.4, 0.5) is 18.9 Å². The van der Waals surface area contributed by atoms with E-state index in [0.717, 1.165) is 42.7 Å². The Morgan fingerprint density at radius 2 is 2.05 bits per heavy atom. The molecule has 1 amide bonds. The zero-order chi connectivity index (χ0) is 15.2. The lowest BCUT2D eigenvalue weighted by atomic mass is 9.93. The van der Waals surface area contributed by atoms with Crippen LogP contribution in [0.1, 0.15) is 34.5 Å². The summed E-state index contributed by atoms with van der Waals surface area (Å²) in [5.41, 5.74) is 5.23. The molecule has 0 spiro atoms. The van der Waals surface area contributed by atoms with Crippen LogP contribution in [-0.4, -0.2) is 11.9 Å². The third-order valence-corrected chi connectivity index (χ3v) is 4.89. The minimum atomic E-state index is -4.42. The Bertz CT molecular complexity index is 704. The molecule has 7 heteroatoms. The summed E-state index contributed by atoms with van der Waals surface area (Å²) in [6.07, 6.45) is -1.46. The van der Waals surface area contributed by atoms with Crippen molar-refractivity contribution in [2.75, 3.05) is 5.73 Å². The molecule has 0 saturated heterocycles. The molecular formula is C14H13F3N2OS. The molecule has 1 aromatic carbocycles. The summed E-state index contributed by atoms with van der Waals surface area (Å²) in [5.74, 6) is -0.299. The van der Waals surface area contributed by atoms with E-state index in [-0.39, 0.29) is 27.9 Å². The topological polar surface area (TPSA) is 55.1 Å². The molecule has 1 heterocycles. The Balaban J connectivity index is 1.97. The number of carbonyl (C=O) groups excluding carboxylic acids is 1. The molecule has 0 unspecified atom stereocenters. The highest BCUT2D eigenvalue weighted by Gasteiger charge is 2.31. The maximum absolute atomic E-state index is 12.7. The van der Waals surface area contributed by atoms with Gasteiger partial charge in [0.2, 0.25) is 0 Å². The number of nitrogen functional groups attached to an aromatic ring is 1. The second kappa shape index (κ2) is 4.91. The molecule has 2 aromatic rings. The maximum atomic E-state index is 12.7. The second-order valence-corrected chi connectivity index (χ2v) is 6.21. The van der Waals surface area contributed by atoms with Gasteiger partial charge in [0.1, 0.15) is 4.88 Å². The molecule has 1 saturated carbocycles. The Labute approximate surface area is 122 Å². The van der Waals surface area contributed by atoms with Gasteiger partial charge in [-0.25, -0.2) is 0 Å². The molecule has 3 rings (SSSR count). The van der Waals surface area contributed by atoms with Gasteiger partial charge in [0.05, 0.1) is 11.3 Å². The van der Waals surface area contributed by atoms with Crippen LogP contribution in [0.15, 0.2) is 18.2 Å². The zero-order valence-electron chi connectivity index (χ0n) is 11.0. The smallest absolute Gasteiger partial charge is 0.397 e. The first-order valence-electron chi connectivity index (χ1n) is 6.56. The van der Waals surface area contributed by atoms with Crippen LogP contribution in [0.25, 0.3) is 10.1 Å². The molecule has 0 radical (unpaired) electrons. The number of thiophene rings is 1. The number of nitrogens with two attached hydrogens (primary N) is 1. The number of halogens is 3. The van der Waals surface area contributed by atoms with Crippen LogP contribution in [0.2, 0.25) is 0 Å². The van der Waals surface area contributed by atoms with Crippen molar-refractivity contribution in [3.63, 3.8) is 0 Å². The van der Waals surface area contributed by atoms with Crippen molar-refractivity contribution in [2.24, 2.45) is 0 Å². The van der Waals surface area contributed by atoms with Crippen LogP contribution in [0, 0.1) is 0 Å². The summed E-state index contributed by atoms with van der Waals surface area (Å²) >= 11 is 1.12. The lowest BCUT2D eigenvalue weighted by Crippen LogP contribution is -2.39. The van der Waals surface area contributed by atoms with Crippen LogP contribution in [0.5, 0.6) is 0 Å². The maximum Gasteiger partial charge on any atom is 0.416 e. The number of hydrogen-bond acceptors (Lipinski definition) is 3. The monoisotopic (exact) mass is 314 g/mol. The highest BCUT2D eigenvalue weighted by Crippen LogP contribution is 2.38. The summed E-state index contributed by atoms with van der Waals surface area (Å²) in [6.45, 7) is 0. The average molecular weight is 314 g/mol. The molecule has 3 nitrogen and oxygen atoms in total. The number of hydrogen-bond donors (Lipinski definition) is 2. The number of rotatable bonds is 2. The van der Waals surface area contributed by atoms with Crippen molar-refractivity contribution < 1.29 is 18.0 Å². The predicted molar refractivity (Wildman–Crippen MR) is 76.3 cm³/mol. The van der Waals surface area contributed by atoms with E-state index in [4.69, 9.17) is 5.73 Å². The molecule has 112 valence electrons. The molecule has 1 fully saturated rings. The van der Waals surface area contributed by atoms with Crippen molar-refractivity contribution in [1.82, 2.24) is 5.32 Å². The van der Waals surface area contributed by atoms with Crippen molar-refractivity contribution in [1.29, 1.82) is 0 Å². The SMILES string of the molecule is Nc1c(C(=O)NC2CCC2)sc2ccc(C(F)(F)F)cc12. The first kappa shape index (κ1) is 14.2. The average Bonchev–Trinajstić information content (AvgIpc) is 2.70. The van der Waals surface area contributed by atoms with E-state index in [0.29, 0.717) is 4.70 Å². The first-order valence-corrected chi connectivity index (χ1v) is 7.38. The number of amides is 1. The van der Waals surface area contributed by atoms with Crippen LogP contribution >= 0.6 is 11.3 Å². The number of carbonyl (C=O) groups is 1. The minimum Gasteiger partial charge on any atom is -0.397 e. The summed E-state index contributed by atoms with van der Waals surface area (Å²) in [7, 11) is 0. The van der Waals surface area contributed by atoms with Gasteiger partial charge in [-0.05, 0) is 37.5 Å². The number of benzene rings is 1. The molecule has 3 N–H and O–H groups in total. The number of fused-ring (bicyclic) bond motifs is 1. The molecular weight excluding hydrogens is 301 g/mol. The number of nitrogens with one attached hydrogen (secondary N) is 1. The Hall–Kier alpha value is -1.76. The van der Waals surface area contributed by atoms with Crippen LogP contribution in [-0.2, 0) is 6.18 Å². The number of alkyl halides is 3. The van der Waals surface area contributed by atoms with Crippen molar-refractivity contribution >= 4 is 33.0 Å². The lowest BCUT2D eigenvalue weighted by molar-refractivity contribution is -0.137. The van der Waals surface area contributed by atoms with Gasteiger partial charge in [-0.3, -0.25) is 4.79 Å². The van der Waals surface area contributed by atoms with E-state index in [1.807, 2.05) is 0 Å². The second-order valence-electron chi connectivity index (χ2n) is 5.15. The van der Waals surface area contributed by atoms with E-state index in [2.05, 4.69) is 5.32 Å². The van der Waals surface area contributed by atoms with Gasteiger partial charge in [0.15, 0.2) is 0 Å². The fourth-order valence-electron chi connectivity index (χ4n) is 2.27. The summed E-state index contributed by atoms with van der Waals surface area (Å²) < 4.78 is 38.7. The first-order chi connectivity index (χ1) is 9.86. The fourth-order valence-corrected chi connectivity index (χ4v) is 3.27. The largest absolute Gasteiger partial charge is 0.416 e. The number of anilines is 1. The van der Waals surface area contributed by atoms with E-state index in [1.54, 1.807) is 0 Å². The van der Waals surface area contributed by atoms with Crippen molar-refractivity contribution in [2.45, 2.75) is 31.5 Å². The van der Waals surface area contributed by atoms with Gasteiger partial charge in [0, 0.05) is 16.1 Å². The molecule has 0 aliphatic heterocycles. The molecule has 1 aromatic heterocycles. The van der Waals surface area contributed by atoms with E-state index >= 15 is 0 Å². The van der Waals surface area contributed by atoms with E-state index in [1.165, 1.54) is 6.07 Å². The van der Waals surface area contributed by atoms with E-state index < -0.39 is 11.7 Å². The quantitative estimate of drug-likeness (QED) is 0.886. The molecule has 0 atom stereocenters. The minimum absolute atomic E-state index is 0.123. The van der Waals surface area contributed by atoms with E-state index in [9.17, 15) is 18.0 Å². The highest BCUT2D eigenvalue weighted by atomic mass is 32.1. The van der Waals surface area contributed by atoms with Gasteiger partial charge >= 0.3 is 6.18 Å². The predicted octanol–water partition coefficient (Wildman–Crippen LogP) is 3.78. The van der Waals surface area contributed by atoms with Gasteiger partial charge in [-0.1, -0.05) is 0 Å². The Kier molecular flexibility index (Phi) is 3.32. The standard InChI is InChI=1S/C14H13F3N2OS/c15-14(16,17)7-4-5-10-9(6-7)11(18)12(21-10)13(20)19-8-2-1-3-8/h4-6,8H,1-3,18H2,(H,19,20). The lowest BCUT2D eigenvalue weighted by Gasteiger charge is -2.26. The fraction of sp³-hybridized carbons (Fsp3) is 0.357. The Morgan fingerprint density at radius 1 is 1.33 bits per heavy atom. The summed E-state index contributed by atoms with van der Waals surface area (Å²) in [5, 5.41) is 3.13. The normalized spacial score (nSPS) is 16.0. The van der Waals surface area contributed by atoms with Gasteiger partial charge in [-0.15, -0.1) is 11.3 Å². The molecule has 1 aliphatic rings. The summed E-state index contributed by atoms with van der Waals surface area (Å²) in [4.78, 5) is 12.4. The van der Waals surface area contributed by atoms with Gasteiger partial charge < -0.3 is 11.1 Å². The zero-order valence-corrected chi connectivity index (χ0v) is 11.8. The molecule has 21 heavy (non-hydrogen) atoms. The summed E-state index contributed by atoms with van der Waals surface area (Å²) in [6, 6.07) is 3.53. The van der Waals surface area contributed by atoms with Crippen molar-refractivity contribution in [3.8, 4) is 0 Å². The third kappa shape index (κ3) is 2.57. The van der Waals surface area contributed by atoms with Gasteiger partial charge in [0.25, 0.3) is 5.91 Å². The highest BCUT2D eigenvalue weighted by molar-refractivity contribution is 7.21. The third-order valence-electron chi connectivity index (χ3n) is 3.70. The van der Waals surface area contributed by atoms with Crippen molar-refractivity contribution in [3.05, 3.63) is 28.6 Å².